The van der Waals surface area contributed by atoms with Crippen molar-refractivity contribution in [3.05, 3.63) is 40.9 Å². The molecule has 0 spiro atoms. The molecular weight excluding hydrogens is 280 g/mol. The molecule has 2 aromatic heterocycles. The van der Waals surface area contributed by atoms with Crippen LogP contribution in [0.2, 0.25) is 5.02 Å². The lowest BCUT2D eigenvalue weighted by atomic mass is 10.2. The van der Waals surface area contributed by atoms with Gasteiger partial charge in [0.25, 0.3) is 5.91 Å². The van der Waals surface area contributed by atoms with Crippen LogP contribution in [0.1, 0.15) is 29.4 Å². The fourth-order valence-corrected chi connectivity index (χ4v) is 1.77. The predicted octanol–water partition coefficient (Wildman–Crippen LogP) is 2.47. The van der Waals surface area contributed by atoms with Crippen LogP contribution >= 0.6 is 11.6 Å². The number of amides is 1. The number of nitrogens with one attached hydrogen (secondary N) is 2. The molecule has 0 fully saturated rings. The predicted molar refractivity (Wildman–Crippen MR) is 75.7 cm³/mol. The summed E-state index contributed by atoms with van der Waals surface area (Å²) in [6.07, 6.45) is 3.91. The van der Waals surface area contributed by atoms with Crippen LogP contribution in [0.3, 0.4) is 0 Å². The highest BCUT2D eigenvalue weighted by molar-refractivity contribution is 6.33. The number of hydrogen-bond donors (Lipinski definition) is 2. The summed E-state index contributed by atoms with van der Waals surface area (Å²) >= 11 is 6.08. The topological polar surface area (TPSA) is 80.0 Å². The molecule has 2 rings (SSSR count). The van der Waals surface area contributed by atoms with Gasteiger partial charge >= 0.3 is 0 Å². The number of carbonyl (C=O) groups is 1. The monoisotopic (exact) mass is 294 g/mol. The van der Waals surface area contributed by atoms with Crippen LogP contribution in [0, 0.1) is 0 Å². The third-order valence-electron chi connectivity index (χ3n) is 2.57. The first kappa shape index (κ1) is 14.3. The molecule has 0 atom stereocenters. The summed E-state index contributed by atoms with van der Waals surface area (Å²) in [4.78, 5) is 16.1. The highest BCUT2D eigenvalue weighted by Gasteiger charge is 2.10. The van der Waals surface area contributed by atoms with E-state index in [2.05, 4.69) is 25.3 Å². The van der Waals surface area contributed by atoms with Crippen molar-refractivity contribution in [2.24, 2.45) is 0 Å². The summed E-state index contributed by atoms with van der Waals surface area (Å²) in [5, 5.41) is 9.93. The third kappa shape index (κ3) is 3.71. The highest BCUT2D eigenvalue weighted by Crippen LogP contribution is 2.20. The van der Waals surface area contributed by atoms with Crippen molar-refractivity contribution < 1.29 is 9.32 Å². The summed E-state index contributed by atoms with van der Waals surface area (Å²) in [5.41, 5.74) is 1.05. The lowest BCUT2D eigenvalue weighted by molar-refractivity contribution is 0.0949. The molecule has 2 aromatic rings. The highest BCUT2D eigenvalue weighted by atomic mass is 35.5. The minimum atomic E-state index is -0.260. The molecule has 0 unspecified atom stereocenters. The molecule has 0 aliphatic heterocycles. The number of pyridine rings is 1. The number of aromatic nitrogens is 2. The maximum Gasteiger partial charge on any atom is 0.253 e. The number of rotatable bonds is 6. The van der Waals surface area contributed by atoms with Gasteiger partial charge in [0.05, 0.1) is 17.1 Å². The van der Waals surface area contributed by atoms with Crippen molar-refractivity contribution in [2.75, 3.05) is 11.9 Å². The first-order valence-electron chi connectivity index (χ1n) is 6.27. The van der Waals surface area contributed by atoms with Gasteiger partial charge in [0.2, 0.25) is 0 Å². The zero-order valence-electron chi connectivity index (χ0n) is 11.0. The molecule has 0 aliphatic rings. The fourth-order valence-electron chi connectivity index (χ4n) is 1.54. The van der Waals surface area contributed by atoms with E-state index in [9.17, 15) is 4.79 Å². The standard InChI is InChI=1S/C13H15ClN4O2/c1-2-4-15-12-11(14)6-9(7-16-12)13(19)17-8-10-3-5-20-18-10/h3,5-7H,2,4,8H2,1H3,(H,15,16)(H,17,19). The molecule has 2 heterocycles. The molecule has 0 aromatic carbocycles. The second-order valence-electron chi connectivity index (χ2n) is 4.15. The number of anilines is 1. The van der Waals surface area contributed by atoms with Crippen LogP contribution in [-0.4, -0.2) is 22.6 Å². The molecule has 0 saturated heterocycles. The minimum Gasteiger partial charge on any atom is -0.369 e. The maximum absolute atomic E-state index is 11.9. The van der Waals surface area contributed by atoms with Gasteiger partial charge in [-0.1, -0.05) is 23.7 Å². The van der Waals surface area contributed by atoms with Gasteiger partial charge in [-0.25, -0.2) is 4.98 Å². The molecule has 20 heavy (non-hydrogen) atoms. The van der Waals surface area contributed by atoms with Crippen molar-refractivity contribution in [1.29, 1.82) is 0 Å². The van der Waals surface area contributed by atoms with E-state index in [1.807, 2.05) is 6.92 Å². The SMILES string of the molecule is CCCNc1ncc(C(=O)NCc2ccon2)cc1Cl. The van der Waals surface area contributed by atoms with Gasteiger partial charge < -0.3 is 15.2 Å². The van der Waals surface area contributed by atoms with Crippen molar-refractivity contribution in [3.63, 3.8) is 0 Å². The Labute approximate surface area is 121 Å². The molecule has 2 N–H and O–H groups in total. The van der Waals surface area contributed by atoms with Crippen molar-refractivity contribution >= 4 is 23.3 Å². The number of halogens is 1. The molecular formula is C13H15ClN4O2. The van der Waals surface area contributed by atoms with Crippen molar-refractivity contribution in [3.8, 4) is 0 Å². The molecule has 106 valence electrons. The molecule has 0 saturated carbocycles. The Morgan fingerprint density at radius 1 is 1.50 bits per heavy atom. The van der Waals surface area contributed by atoms with Crippen molar-refractivity contribution in [2.45, 2.75) is 19.9 Å². The van der Waals surface area contributed by atoms with Crippen LogP contribution in [-0.2, 0) is 6.54 Å². The number of nitrogens with zero attached hydrogens (tertiary/aromatic N) is 2. The second-order valence-corrected chi connectivity index (χ2v) is 4.56. The van der Waals surface area contributed by atoms with Crippen LogP contribution in [0.4, 0.5) is 5.82 Å². The maximum atomic E-state index is 11.9. The zero-order chi connectivity index (χ0) is 14.4. The average molecular weight is 295 g/mol. The van der Waals surface area contributed by atoms with E-state index >= 15 is 0 Å². The van der Waals surface area contributed by atoms with E-state index in [0.29, 0.717) is 28.6 Å². The Bertz CT molecular complexity index is 572. The average Bonchev–Trinajstić information content (AvgIpc) is 2.96. The van der Waals surface area contributed by atoms with Crippen LogP contribution in [0.5, 0.6) is 0 Å². The Hall–Kier alpha value is -2.08. The number of carbonyl (C=O) groups excluding carboxylic acids is 1. The van der Waals surface area contributed by atoms with E-state index in [0.717, 1.165) is 13.0 Å². The van der Waals surface area contributed by atoms with Gasteiger partial charge in [-0.3, -0.25) is 4.79 Å². The molecule has 0 bridgehead atoms. The number of hydrogen-bond acceptors (Lipinski definition) is 5. The van der Waals surface area contributed by atoms with Crippen molar-refractivity contribution in [1.82, 2.24) is 15.5 Å². The molecule has 7 heteroatoms. The zero-order valence-corrected chi connectivity index (χ0v) is 11.8. The Morgan fingerprint density at radius 3 is 3.00 bits per heavy atom. The molecule has 1 amide bonds. The van der Waals surface area contributed by atoms with E-state index in [4.69, 9.17) is 11.6 Å². The molecule has 6 nitrogen and oxygen atoms in total. The summed E-state index contributed by atoms with van der Waals surface area (Å²) in [7, 11) is 0. The van der Waals surface area contributed by atoms with Crippen LogP contribution < -0.4 is 10.6 Å². The lowest BCUT2D eigenvalue weighted by Gasteiger charge is -2.08. The Kier molecular flexibility index (Phi) is 4.95. The van der Waals surface area contributed by atoms with Gasteiger partial charge in [-0.2, -0.15) is 0 Å². The van der Waals surface area contributed by atoms with E-state index in [-0.39, 0.29) is 5.91 Å². The third-order valence-corrected chi connectivity index (χ3v) is 2.86. The molecule has 0 aliphatic carbocycles. The Morgan fingerprint density at radius 2 is 2.35 bits per heavy atom. The lowest BCUT2D eigenvalue weighted by Crippen LogP contribution is -2.23. The molecule has 0 radical (unpaired) electrons. The smallest absolute Gasteiger partial charge is 0.253 e. The van der Waals surface area contributed by atoms with E-state index in [1.54, 1.807) is 12.1 Å². The van der Waals surface area contributed by atoms with E-state index < -0.39 is 0 Å². The van der Waals surface area contributed by atoms with Gasteiger partial charge in [0, 0.05) is 18.8 Å². The van der Waals surface area contributed by atoms with E-state index in [1.165, 1.54) is 12.5 Å². The Balaban J connectivity index is 1.97. The minimum absolute atomic E-state index is 0.260. The first-order chi connectivity index (χ1) is 9.70. The summed E-state index contributed by atoms with van der Waals surface area (Å²) in [5.74, 6) is 0.325. The summed E-state index contributed by atoms with van der Waals surface area (Å²) in [6, 6.07) is 3.27. The van der Waals surface area contributed by atoms with Gasteiger partial charge in [-0.05, 0) is 12.5 Å². The van der Waals surface area contributed by atoms with Gasteiger partial charge in [-0.15, -0.1) is 0 Å². The van der Waals surface area contributed by atoms with Crippen LogP contribution in [0.25, 0.3) is 0 Å². The summed E-state index contributed by atoms with van der Waals surface area (Å²) < 4.78 is 4.68. The quantitative estimate of drug-likeness (QED) is 0.855. The fraction of sp³-hybridized carbons (Fsp3) is 0.308. The summed E-state index contributed by atoms with van der Waals surface area (Å²) in [6.45, 7) is 3.12. The van der Waals surface area contributed by atoms with Gasteiger partial charge in [0.15, 0.2) is 0 Å². The van der Waals surface area contributed by atoms with Gasteiger partial charge in [0.1, 0.15) is 17.8 Å². The normalized spacial score (nSPS) is 10.3. The second kappa shape index (κ2) is 6.91. The largest absolute Gasteiger partial charge is 0.369 e. The van der Waals surface area contributed by atoms with Crippen LogP contribution in [0.15, 0.2) is 29.1 Å². The first-order valence-corrected chi connectivity index (χ1v) is 6.65.